The van der Waals surface area contributed by atoms with E-state index in [4.69, 9.17) is 15.2 Å². The van der Waals surface area contributed by atoms with Crippen molar-refractivity contribution in [3.8, 4) is 11.5 Å². The Morgan fingerprint density at radius 3 is 2.83 bits per heavy atom. The van der Waals surface area contributed by atoms with Gasteiger partial charge in [-0.25, -0.2) is 0 Å². The highest BCUT2D eigenvalue weighted by Gasteiger charge is 2.24. The van der Waals surface area contributed by atoms with E-state index in [0.717, 1.165) is 6.42 Å². The topological polar surface area (TPSA) is 73.6 Å². The lowest BCUT2D eigenvalue weighted by atomic mass is 9.98. The molecule has 1 aliphatic rings. The number of benzene rings is 1. The van der Waals surface area contributed by atoms with Crippen molar-refractivity contribution in [1.29, 1.82) is 0 Å². The van der Waals surface area contributed by atoms with E-state index in [1.807, 2.05) is 13.8 Å². The number of hydrogen-bond donors (Lipinski definition) is 2. The molecule has 1 aromatic carbocycles. The third-order valence-electron chi connectivity index (χ3n) is 3.28. The molecule has 0 radical (unpaired) electrons. The highest BCUT2D eigenvalue weighted by atomic mass is 16.7. The molecule has 0 aliphatic carbocycles. The van der Waals surface area contributed by atoms with Crippen LogP contribution in [0.3, 0.4) is 0 Å². The Labute approximate surface area is 106 Å². The maximum Gasteiger partial charge on any atom is 0.251 e. The van der Waals surface area contributed by atoms with Crippen LogP contribution in [-0.4, -0.2) is 24.8 Å². The van der Waals surface area contributed by atoms with Gasteiger partial charge in [-0.1, -0.05) is 6.92 Å². The van der Waals surface area contributed by atoms with E-state index in [0.29, 0.717) is 23.6 Å². The largest absolute Gasteiger partial charge is 0.454 e. The summed E-state index contributed by atoms with van der Waals surface area (Å²) in [5, 5.41) is 2.94. The minimum absolute atomic E-state index is 0.150. The summed E-state index contributed by atoms with van der Waals surface area (Å²) in [6.07, 6.45) is 0.778. The maximum absolute atomic E-state index is 12.1. The van der Waals surface area contributed by atoms with Crippen LogP contribution in [0.2, 0.25) is 0 Å². The predicted octanol–water partition coefficient (Wildman–Crippen LogP) is 1.27. The van der Waals surface area contributed by atoms with Crippen LogP contribution < -0.4 is 20.5 Å². The number of fused-ring (bicyclic) bond motifs is 1. The average Bonchev–Trinajstić information content (AvgIpc) is 2.85. The van der Waals surface area contributed by atoms with Gasteiger partial charge < -0.3 is 20.5 Å². The molecule has 1 heterocycles. The molecule has 98 valence electrons. The second-order valence-electron chi connectivity index (χ2n) is 4.64. The van der Waals surface area contributed by atoms with Crippen molar-refractivity contribution in [2.45, 2.75) is 25.8 Å². The van der Waals surface area contributed by atoms with Gasteiger partial charge in [-0.05, 0) is 31.5 Å². The summed E-state index contributed by atoms with van der Waals surface area (Å²) in [5.41, 5.74) is 5.84. The van der Waals surface area contributed by atoms with Crippen molar-refractivity contribution in [2.24, 2.45) is 5.73 Å². The van der Waals surface area contributed by atoms with Crippen LogP contribution in [0.1, 0.15) is 30.6 Å². The van der Waals surface area contributed by atoms with E-state index in [-0.39, 0.29) is 18.2 Å². The first kappa shape index (κ1) is 12.7. The molecule has 0 aromatic heterocycles. The Morgan fingerprint density at radius 1 is 1.44 bits per heavy atom. The molecular weight excluding hydrogens is 232 g/mol. The van der Waals surface area contributed by atoms with E-state index < -0.39 is 0 Å². The monoisotopic (exact) mass is 250 g/mol. The molecule has 0 spiro atoms. The van der Waals surface area contributed by atoms with Crippen LogP contribution in [-0.2, 0) is 0 Å². The third kappa shape index (κ3) is 2.41. The summed E-state index contributed by atoms with van der Waals surface area (Å²) in [7, 11) is 0. The van der Waals surface area contributed by atoms with Crippen LogP contribution >= 0.6 is 0 Å². The minimum Gasteiger partial charge on any atom is -0.454 e. The summed E-state index contributed by atoms with van der Waals surface area (Å²) < 4.78 is 10.4. The smallest absolute Gasteiger partial charge is 0.251 e. The Balaban J connectivity index is 2.14. The molecule has 5 nitrogen and oxygen atoms in total. The molecular formula is C13H18N2O3. The van der Waals surface area contributed by atoms with Gasteiger partial charge in [0.15, 0.2) is 11.5 Å². The van der Waals surface area contributed by atoms with Crippen LogP contribution in [0.15, 0.2) is 18.2 Å². The SMILES string of the molecule is CCC(C)(CN)NC(=O)c1ccc2c(c1)OCO2. The first-order valence-corrected chi connectivity index (χ1v) is 6.00. The van der Waals surface area contributed by atoms with Gasteiger partial charge in [-0.2, -0.15) is 0 Å². The van der Waals surface area contributed by atoms with Gasteiger partial charge in [0.1, 0.15) is 0 Å². The number of rotatable bonds is 4. The molecule has 0 saturated heterocycles. The number of ether oxygens (including phenoxy) is 2. The standard InChI is InChI=1S/C13H18N2O3/c1-3-13(2,7-14)15-12(16)9-4-5-10-11(6-9)18-8-17-10/h4-6H,3,7-8,14H2,1-2H3,(H,15,16). The lowest BCUT2D eigenvalue weighted by Crippen LogP contribution is -2.50. The van der Waals surface area contributed by atoms with Crippen molar-refractivity contribution in [2.75, 3.05) is 13.3 Å². The molecule has 0 fully saturated rings. The summed E-state index contributed by atoms with van der Waals surface area (Å²) in [6.45, 7) is 4.53. The van der Waals surface area contributed by atoms with Crippen LogP contribution in [0.25, 0.3) is 0 Å². The second kappa shape index (κ2) is 4.86. The molecule has 18 heavy (non-hydrogen) atoms. The average molecular weight is 250 g/mol. The van der Waals surface area contributed by atoms with Crippen LogP contribution in [0.5, 0.6) is 11.5 Å². The zero-order valence-electron chi connectivity index (χ0n) is 10.7. The first-order chi connectivity index (χ1) is 8.58. The molecule has 1 aliphatic heterocycles. The molecule has 1 aromatic rings. The highest BCUT2D eigenvalue weighted by Crippen LogP contribution is 2.32. The summed E-state index contributed by atoms with van der Waals surface area (Å²) in [4.78, 5) is 12.1. The molecule has 2 rings (SSSR count). The highest BCUT2D eigenvalue weighted by molar-refractivity contribution is 5.95. The fourth-order valence-corrected chi connectivity index (χ4v) is 1.67. The van der Waals surface area contributed by atoms with Gasteiger partial charge in [0.05, 0.1) is 0 Å². The fourth-order valence-electron chi connectivity index (χ4n) is 1.67. The molecule has 0 saturated carbocycles. The number of carbonyl (C=O) groups excluding carboxylic acids is 1. The Hall–Kier alpha value is -1.75. The summed E-state index contributed by atoms with van der Waals surface area (Å²) >= 11 is 0. The number of amides is 1. The minimum atomic E-state index is -0.381. The van der Waals surface area contributed by atoms with Gasteiger partial charge >= 0.3 is 0 Å². The Kier molecular flexibility index (Phi) is 3.43. The van der Waals surface area contributed by atoms with Gasteiger partial charge in [-0.3, -0.25) is 4.79 Å². The van der Waals surface area contributed by atoms with Gasteiger partial charge in [-0.15, -0.1) is 0 Å². The lowest BCUT2D eigenvalue weighted by molar-refractivity contribution is 0.0906. The van der Waals surface area contributed by atoms with Gasteiger partial charge in [0, 0.05) is 17.6 Å². The zero-order valence-corrected chi connectivity index (χ0v) is 10.7. The second-order valence-corrected chi connectivity index (χ2v) is 4.64. The maximum atomic E-state index is 12.1. The van der Waals surface area contributed by atoms with Crippen molar-refractivity contribution in [1.82, 2.24) is 5.32 Å². The quantitative estimate of drug-likeness (QED) is 0.844. The normalized spacial score (nSPS) is 16.2. The van der Waals surface area contributed by atoms with Crippen molar-refractivity contribution >= 4 is 5.91 Å². The predicted molar refractivity (Wildman–Crippen MR) is 67.8 cm³/mol. The molecule has 0 bridgehead atoms. The van der Waals surface area contributed by atoms with E-state index in [2.05, 4.69) is 5.32 Å². The fraction of sp³-hybridized carbons (Fsp3) is 0.462. The summed E-state index contributed by atoms with van der Waals surface area (Å²) in [5.74, 6) is 1.13. The number of nitrogens with two attached hydrogens (primary N) is 1. The van der Waals surface area contributed by atoms with E-state index >= 15 is 0 Å². The van der Waals surface area contributed by atoms with E-state index in [9.17, 15) is 4.79 Å². The number of carbonyl (C=O) groups is 1. The molecule has 1 amide bonds. The van der Waals surface area contributed by atoms with Gasteiger partial charge in [0.25, 0.3) is 5.91 Å². The van der Waals surface area contributed by atoms with Crippen molar-refractivity contribution in [3.63, 3.8) is 0 Å². The third-order valence-corrected chi connectivity index (χ3v) is 3.28. The molecule has 3 N–H and O–H groups in total. The molecule has 5 heteroatoms. The summed E-state index contributed by atoms with van der Waals surface area (Å²) in [6, 6.07) is 5.14. The van der Waals surface area contributed by atoms with Crippen LogP contribution in [0.4, 0.5) is 0 Å². The van der Waals surface area contributed by atoms with E-state index in [1.54, 1.807) is 18.2 Å². The van der Waals surface area contributed by atoms with Crippen molar-refractivity contribution < 1.29 is 14.3 Å². The molecule has 1 atom stereocenters. The van der Waals surface area contributed by atoms with Crippen LogP contribution in [0, 0.1) is 0 Å². The zero-order chi connectivity index (χ0) is 13.2. The van der Waals surface area contributed by atoms with Gasteiger partial charge in [0.2, 0.25) is 6.79 Å². The number of hydrogen-bond acceptors (Lipinski definition) is 4. The first-order valence-electron chi connectivity index (χ1n) is 6.00. The molecule has 1 unspecified atom stereocenters. The number of nitrogens with one attached hydrogen (secondary N) is 1. The Bertz CT molecular complexity index is 456. The van der Waals surface area contributed by atoms with Crippen molar-refractivity contribution in [3.05, 3.63) is 23.8 Å². The lowest BCUT2D eigenvalue weighted by Gasteiger charge is -2.27. The van der Waals surface area contributed by atoms with E-state index in [1.165, 1.54) is 0 Å². The Morgan fingerprint density at radius 2 is 2.17 bits per heavy atom.